The molecule has 0 heterocycles. The fraction of sp³-hybridized carbons (Fsp3) is 0.538. The molecule has 90 valence electrons. The van der Waals surface area contributed by atoms with Crippen molar-refractivity contribution in [2.24, 2.45) is 0 Å². The van der Waals surface area contributed by atoms with Crippen LogP contribution in [-0.2, 0) is 4.57 Å². The molecule has 0 spiro atoms. The molecule has 1 N–H and O–H groups in total. The molecule has 0 bridgehead atoms. The topological polar surface area (TPSA) is 37.3 Å². The van der Waals surface area contributed by atoms with Crippen LogP contribution >= 0.6 is 7.37 Å². The second-order valence-corrected chi connectivity index (χ2v) is 6.84. The van der Waals surface area contributed by atoms with E-state index in [-0.39, 0.29) is 5.66 Å². The smallest absolute Gasteiger partial charge is 0.207 e. The Balaban J connectivity index is 3.08. The van der Waals surface area contributed by atoms with E-state index >= 15 is 0 Å². The molecule has 0 aliphatic carbocycles. The minimum absolute atomic E-state index is 0.200. The Hall–Kier alpha value is -0.590. The van der Waals surface area contributed by atoms with Gasteiger partial charge in [0.2, 0.25) is 7.37 Å². The highest BCUT2D eigenvalue weighted by molar-refractivity contribution is 7.58. The van der Waals surface area contributed by atoms with Gasteiger partial charge in [-0.2, -0.15) is 0 Å². The Morgan fingerprint density at radius 3 is 2.44 bits per heavy atom. The normalized spacial score (nSPS) is 16.8. The minimum atomic E-state index is -3.05. The molecule has 2 unspecified atom stereocenters. The third-order valence-electron chi connectivity index (χ3n) is 2.97. The van der Waals surface area contributed by atoms with Crippen molar-refractivity contribution in [1.29, 1.82) is 0 Å². The van der Waals surface area contributed by atoms with Gasteiger partial charge >= 0.3 is 0 Å². The molecule has 2 atom stereocenters. The number of hydrogen-bond acceptors (Lipinski definition) is 1. The summed E-state index contributed by atoms with van der Waals surface area (Å²) < 4.78 is 12.3. The maximum atomic E-state index is 12.3. The zero-order chi connectivity index (χ0) is 12.2. The molecule has 1 aromatic carbocycles. The Labute approximate surface area is 98.2 Å². The van der Waals surface area contributed by atoms with Crippen molar-refractivity contribution >= 4 is 7.37 Å². The molecule has 16 heavy (non-hydrogen) atoms. The van der Waals surface area contributed by atoms with Gasteiger partial charge in [0.05, 0.1) is 5.66 Å². The van der Waals surface area contributed by atoms with E-state index in [1.54, 1.807) is 0 Å². The molecule has 0 aromatic heterocycles. The highest BCUT2D eigenvalue weighted by Crippen LogP contribution is 2.57. The van der Waals surface area contributed by atoms with Gasteiger partial charge in [0.1, 0.15) is 0 Å². The van der Waals surface area contributed by atoms with E-state index in [2.05, 4.69) is 0 Å². The summed E-state index contributed by atoms with van der Waals surface area (Å²) in [4.78, 5) is 10.1. The first-order valence-corrected chi connectivity index (χ1v) is 7.81. The van der Waals surface area contributed by atoms with Gasteiger partial charge in [0.25, 0.3) is 0 Å². The van der Waals surface area contributed by atoms with Gasteiger partial charge in [-0.15, -0.1) is 0 Å². The molecular formula is C13H21O2P. The molecular weight excluding hydrogens is 219 g/mol. The number of aryl methyl sites for hydroxylation is 1. The van der Waals surface area contributed by atoms with Crippen LogP contribution in [0.4, 0.5) is 0 Å². The molecule has 2 nitrogen and oxygen atoms in total. The largest absolute Gasteiger partial charge is 0.344 e. The zero-order valence-electron chi connectivity index (χ0n) is 10.3. The van der Waals surface area contributed by atoms with Gasteiger partial charge in [-0.05, 0) is 30.9 Å². The zero-order valence-corrected chi connectivity index (χ0v) is 11.2. The molecule has 1 aromatic rings. The van der Waals surface area contributed by atoms with E-state index in [1.165, 1.54) is 0 Å². The lowest BCUT2D eigenvalue weighted by molar-refractivity contribution is 0.460. The van der Waals surface area contributed by atoms with Gasteiger partial charge < -0.3 is 4.89 Å². The monoisotopic (exact) mass is 240 g/mol. The molecule has 0 radical (unpaired) electrons. The summed E-state index contributed by atoms with van der Waals surface area (Å²) in [6.07, 6.45) is 1.90. The van der Waals surface area contributed by atoms with Crippen LogP contribution in [0, 0.1) is 6.92 Å². The van der Waals surface area contributed by atoms with E-state index < -0.39 is 7.37 Å². The van der Waals surface area contributed by atoms with Crippen molar-refractivity contribution in [3.63, 3.8) is 0 Å². The third-order valence-corrected chi connectivity index (χ3v) is 5.67. The molecule has 0 amide bonds. The summed E-state index contributed by atoms with van der Waals surface area (Å²) in [5.74, 6) is 0. The van der Waals surface area contributed by atoms with Crippen LogP contribution in [0.1, 0.15) is 43.5 Å². The lowest BCUT2D eigenvalue weighted by Gasteiger charge is -2.23. The predicted octanol–water partition coefficient (Wildman–Crippen LogP) is 4.13. The van der Waals surface area contributed by atoms with Crippen molar-refractivity contribution in [2.75, 3.05) is 6.16 Å². The first-order valence-electron chi connectivity index (χ1n) is 5.90. The van der Waals surface area contributed by atoms with Crippen LogP contribution < -0.4 is 0 Å². The summed E-state index contributed by atoms with van der Waals surface area (Å²) >= 11 is 0. The summed E-state index contributed by atoms with van der Waals surface area (Å²) in [6.45, 7) is 5.94. The Kier molecular flexibility index (Phi) is 4.76. The van der Waals surface area contributed by atoms with Gasteiger partial charge in [0, 0.05) is 6.16 Å². The van der Waals surface area contributed by atoms with Gasteiger partial charge in [-0.1, -0.05) is 38.1 Å². The van der Waals surface area contributed by atoms with Crippen LogP contribution in [0.5, 0.6) is 0 Å². The number of benzene rings is 1. The second kappa shape index (κ2) is 5.65. The Morgan fingerprint density at radius 2 is 1.94 bits per heavy atom. The van der Waals surface area contributed by atoms with Crippen LogP contribution in [0.3, 0.4) is 0 Å². The first kappa shape index (κ1) is 13.5. The summed E-state index contributed by atoms with van der Waals surface area (Å²) in [5, 5.41) is 0. The second-order valence-electron chi connectivity index (χ2n) is 4.26. The van der Waals surface area contributed by atoms with Crippen molar-refractivity contribution < 1.29 is 9.46 Å². The Morgan fingerprint density at radius 1 is 1.31 bits per heavy atom. The van der Waals surface area contributed by atoms with Crippen LogP contribution in [0.25, 0.3) is 0 Å². The van der Waals surface area contributed by atoms with Gasteiger partial charge in [-0.3, -0.25) is 4.57 Å². The van der Waals surface area contributed by atoms with Crippen molar-refractivity contribution in [3.05, 3.63) is 35.4 Å². The number of rotatable bonds is 5. The summed E-state index contributed by atoms with van der Waals surface area (Å²) in [5.41, 5.74) is 1.94. The quantitative estimate of drug-likeness (QED) is 0.786. The molecule has 3 heteroatoms. The molecule has 0 aliphatic heterocycles. The average molecular weight is 240 g/mol. The summed E-state index contributed by atoms with van der Waals surface area (Å²) in [6, 6.07) is 7.89. The fourth-order valence-electron chi connectivity index (χ4n) is 2.16. The highest BCUT2D eigenvalue weighted by atomic mass is 31.2. The molecule has 0 aliphatic rings. The van der Waals surface area contributed by atoms with Crippen LogP contribution in [0.2, 0.25) is 0 Å². The van der Waals surface area contributed by atoms with Crippen molar-refractivity contribution in [3.8, 4) is 0 Å². The fourth-order valence-corrected chi connectivity index (χ4v) is 4.41. The average Bonchev–Trinajstić information content (AvgIpc) is 2.21. The first-order chi connectivity index (χ1) is 7.53. The van der Waals surface area contributed by atoms with Crippen LogP contribution in [0.15, 0.2) is 24.3 Å². The summed E-state index contributed by atoms with van der Waals surface area (Å²) in [7, 11) is -3.05. The number of hydrogen-bond donors (Lipinski definition) is 1. The standard InChI is InChI=1S/C13H21O2P/c1-4-10-16(14,15)13(5-2)12-9-7-6-8-11(12)3/h6-9,13H,4-5,10H2,1-3H3,(H,14,15). The maximum absolute atomic E-state index is 12.3. The predicted molar refractivity (Wildman–Crippen MR) is 69.2 cm³/mol. The van der Waals surface area contributed by atoms with Crippen molar-refractivity contribution in [1.82, 2.24) is 0 Å². The van der Waals surface area contributed by atoms with E-state index in [1.807, 2.05) is 45.0 Å². The minimum Gasteiger partial charge on any atom is -0.344 e. The molecule has 1 rings (SSSR count). The van der Waals surface area contributed by atoms with Crippen LogP contribution in [-0.4, -0.2) is 11.1 Å². The Bertz CT molecular complexity index is 387. The lowest BCUT2D eigenvalue weighted by Crippen LogP contribution is -2.03. The van der Waals surface area contributed by atoms with E-state index in [0.717, 1.165) is 24.0 Å². The van der Waals surface area contributed by atoms with Gasteiger partial charge in [-0.25, -0.2) is 0 Å². The highest BCUT2D eigenvalue weighted by Gasteiger charge is 2.30. The van der Waals surface area contributed by atoms with E-state index in [9.17, 15) is 9.46 Å². The van der Waals surface area contributed by atoms with E-state index in [0.29, 0.717) is 6.16 Å². The molecule has 0 saturated heterocycles. The van der Waals surface area contributed by atoms with E-state index in [4.69, 9.17) is 0 Å². The third kappa shape index (κ3) is 2.96. The SMILES string of the molecule is CCCP(=O)(O)C(CC)c1ccccc1C. The lowest BCUT2D eigenvalue weighted by atomic mass is 10.0. The molecule has 0 saturated carbocycles. The van der Waals surface area contributed by atoms with Gasteiger partial charge in [0.15, 0.2) is 0 Å². The van der Waals surface area contributed by atoms with Crippen molar-refractivity contribution in [2.45, 2.75) is 39.3 Å². The molecule has 0 fully saturated rings. The maximum Gasteiger partial charge on any atom is 0.207 e.